The summed E-state index contributed by atoms with van der Waals surface area (Å²) in [5.41, 5.74) is 3.01. The highest BCUT2D eigenvalue weighted by molar-refractivity contribution is 7.73. The normalized spacial score (nSPS) is 14.1. The zero-order valence-electron chi connectivity index (χ0n) is 12.3. The zero-order valence-corrected chi connectivity index (χ0v) is 13.9. The fourth-order valence-electron chi connectivity index (χ4n) is 2.80. The molecule has 2 heterocycles. The average Bonchev–Trinajstić information content (AvgIpc) is 2.81. The molecule has 0 unspecified atom stereocenters. The second-order valence-electron chi connectivity index (χ2n) is 5.17. The standard InChI is InChI=1S/C15H16N2O3S2/c1-17-12(18)6-4-9-8(3-5-10(20-2)13(9)17)7-11-14(19)16-15(21)22-11/h3,5,19H,4,6-7H2,1-2H3,(H,16,21). The SMILES string of the molecule is COc1ccc(Cc2sc(=S)[nH]c2O)c2c1N(C)C(=O)CC2. The summed E-state index contributed by atoms with van der Waals surface area (Å²) in [6, 6.07) is 3.86. The lowest BCUT2D eigenvalue weighted by Crippen LogP contribution is -2.32. The van der Waals surface area contributed by atoms with E-state index in [2.05, 4.69) is 4.98 Å². The number of aromatic hydroxyl groups is 1. The largest absolute Gasteiger partial charge is 0.495 e. The van der Waals surface area contributed by atoms with Crippen molar-refractivity contribution in [3.63, 3.8) is 0 Å². The summed E-state index contributed by atoms with van der Waals surface area (Å²) in [5.74, 6) is 0.906. The third kappa shape index (κ3) is 2.50. The number of aromatic amines is 1. The Morgan fingerprint density at radius 2 is 2.23 bits per heavy atom. The Bertz CT molecular complexity index is 795. The van der Waals surface area contributed by atoms with Crippen LogP contribution in [0.15, 0.2) is 12.1 Å². The number of benzene rings is 1. The van der Waals surface area contributed by atoms with Crippen LogP contribution in [0.3, 0.4) is 0 Å². The van der Waals surface area contributed by atoms with Gasteiger partial charge in [-0.05, 0) is 35.8 Å². The van der Waals surface area contributed by atoms with Crippen molar-refractivity contribution in [2.45, 2.75) is 19.3 Å². The molecule has 0 atom stereocenters. The van der Waals surface area contributed by atoms with Gasteiger partial charge in [0.2, 0.25) is 11.8 Å². The maximum atomic E-state index is 12.0. The Morgan fingerprint density at radius 1 is 1.45 bits per heavy atom. The maximum absolute atomic E-state index is 12.0. The highest BCUT2D eigenvalue weighted by Crippen LogP contribution is 2.39. The van der Waals surface area contributed by atoms with Crippen molar-refractivity contribution in [1.29, 1.82) is 0 Å². The number of thiazole rings is 1. The van der Waals surface area contributed by atoms with E-state index < -0.39 is 0 Å². The van der Waals surface area contributed by atoms with Crippen molar-refractivity contribution in [1.82, 2.24) is 4.98 Å². The van der Waals surface area contributed by atoms with Gasteiger partial charge in [0.05, 0.1) is 17.7 Å². The summed E-state index contributed by atoms with van der Waals surface area (Å²) in [6.07, 6.45) is 1.75. The molecule has 0 saturated heterocycles. The first-order chi connectivity index (χ1) is 10.5. The van der Waals surface area contributed by atoms with Crippen LogP contribution in [-0.4, -0.2) is 30.2 Å². The third-order valence-corrected chi connectivity index (χ3v) is 5.14. The quantitative estimate of drug-likeness (QED) is 0.846. The van der Waals surface area contributed by atoms with E-state index in [1.54, 1.807) is 19.1 Å². The molecular formula is C15H16N2O3S2. The van der Waals surface area contributed by atoms with Crippen LogP contribution in [-0.2, 0) is 17.6 Å². The Labute approximate surface area is 137 Å². The number of hydrogen-bond acceptors (Lipinski definition) is 5. The highest BCUT2D eigenvalue weighted by Gasteiger charge is 2.27. The molecule has 116 valence electrons. The summed E-state index contributed by atoms with van der Waals surface area (Å²) in [6.45, 7) is 0. The Hall–Kier alpha value is -1.86. The van der Waals surface area contributed by atoms with E-state index in [9.17, 15) is 9.90 Å². The second-order valence-corrected chi connectivity index (χ2v) is 6.94. The van der Waals surface area contributed by atoms with E-state index in [-0.39, 0.29) is 11.8 Å². The smallest absolute Gasteiger partial charge is 0.227 e. The van der Waals surface area contributed by atoms with Gasteiger partial charge in [0.15, 0.2) is 3.95 Å². The van der Waals surface area contributed by atoms with Gasteiger partial charge in [-0.1, -0.05) is 6.07 Å². The molecule has 3 rings (SSSR count). The molecule has 0 bridgehead atoms. The molecule has 0 spiro atoms. The van der Waals surface area contributed by atoms with Gasteiger partial charge in [0.25, 0.3) is 0 Å². The van der Waals surface area contributed by atoms with Crippen LogP contribution in [0.2, 0.25) is 0 Å². The fourth-order valence-corrected chi connectivity index (χ4v) is 3.95. The number of nitrogens with zero attached hydrogens (tertiary/aromatic N) is 1. The summed E-state index contributed by atoms with van der Waals surface area (Å²) in [5, 5.41) is 9.89. The van der Waals surface area contributed by atoms with E-state index in [0.29, 0.717) is 29.0 Å². The minimum absolute atomic E-state index is 0.0862. The predicted octanol–water partition coefficient (Wildman–Crippen LogP) is 3.02. The van der Waals surface area contributed by atoms with Crippen LogP contribution in [0.1, 0.15) is 22.4 Å². The Morgan fingerprint density at radius 3 is 2.86 bits per heavy atom. The minimum Gasteiger partial charge on any atom is -0.495 e. The van der Waals surface area contributed by atoms with Crippen LogP contribution in [0, 0.1) is 3.95 Å². The highest BCUT2D eigenvalue weighted by atomic mass is 32.1. The average molecular weight is 336 g/mol. The number of anilines is 1. The zero-order chi connectivity index (χ0) is 15.9. The summed E-state index contributed by atoms with van der Waals surface area (Å²) in [4.78, 5) is 17.2. The molecule has 0 aliphatic carbocycles. The van der Waals surface area contributed by atoms with Crippen LogP contribution in [0.5, 0.6) is 11.6 Å². The van der Waals surface area contributed by atoms with E-state index in [0.717, 1.165) is 21.7 Å². The molecule has 0 saturated carbocycles. The van der Waals surface area contributed by atoms with Gasteiger partial charge in [-0.25, -0.2) is 0 Å². The predicted molar refractivity (Wildman–Crippen MR) is 88.7 cm³/mol. The first kappa shape index (κ1) is 15.1. The third-order valence-electron chi connectivity index (χ3n) is 3.91. The van der Waals surface area contributed by atoms with E-state index in [1.165, 1.54) is 11.3 Å². The molecule has 0 radical (unpaired) electrons. The van der Waals surface area contributed by atoms with Gasteiger partial charge in [-0.3, -0.25) is 4.79 Å². The topological polar surface area (TPSA) is 65.6 Å². The molecule has 0 fully saturated rings. The first-order valence-corrected chi connectivity index (χ1v) is 8.10. The van der Waals surface area contributed by atoms with Crippen molar-refractivity contribution >= 4 is 35.1 Å². The number of hydrogen-bond donors (Lipinski definition) is 2. The molecule has 1 aromatic carbocycles. The Balaban J connectivity index is 2.08. The van der Waals surface area contributed by atoms with Gasteiger partial charge < -0.3 is 19.7 Å². The number of H-pyrrole nitrogens is 1. The molecule has 1 aliphatic heterocycles. The van der Waals surface area contributed by atoms with E-state index in [4.69, 9.17) is 17.0 Å². The molecule has 1 aliphatic rings. The molecule has 2 aromatic rings. The molecular weight excluding hydrogens is 320 g/mol. The van der Waals surface area contributed by atoms with Crippen LogP contribution in [0.4, 0.5) is 5.69 Å². The number of amides is 1. The molecule has 22 heavy (non-hydrogen) atoms. The molecule has 1 aromatic heterocycles. The number of carbonyl (C=O) groups excluding carboxylic acids is 1. The Kier molecular flexibility index (Phi) is 3.92. The maximum Gasteiger partial charge on any atom is 0.227 e. The van der Waals surface area contributed by atoms with Crippen LogP contribution >= 0.6 is 23.6 Å². The molecule has 5 nitrogen and oxygen atoms in total. The number of carbonyl (C=O) groups is 1. The number of aromatic nitrogens is 1. The van der Waals surface area contributed by atoms with Crippen LogP contribution < -0.4 is 9.64 Å². The lowest BCUT2D eigenvalue weighted by Gasteiger charge is -2.29. The van der Waals surface area contributed by atoms with Crippen molar-refractivity contribution in [3.05, 3.63) is 32.1 Å². The number of nitrogens with one attached hydrogen (secondary N) is 1. The first-order valence-electron chi connectivity index (χ1n) is 6.87. The van der Waals surface area contributed by atoms with Gasteiger partial charge >= 0.3 is 0 Å². The molecule has 1 amide bonds. The number of methoxy groups -OCH3 is 1. The van der Waals surface area contributed by atoms with Crippen molar-refractivity contribution in [3.8, 4) is 11.6 Å². The number of rotatable bonds is 3. The molecule has 2 N–H and O–H groups in total. The lowest BCUT2D eigenvalue weighted by atomic mass is 9.93. The second kappa shape index (κ2) is 5.73. The molecule has 7 heteroatoms. The van der Waals surface area contributed by atoms with Crippen molar-refractivity contribution in [2.75, 3.05) is 19.1 Å². The van der Waals surface area contributed by atoms with Gasteiger partial charge in [-0.15, -0.1) is 11.3 Å². The summed E-state index contributed by atoms with van der Waals surface area (Å²) >= 11 is 6.43. The number of ether oxygens (including phenoxy) is 1. The lowest BCUT2D eigenvalue weighted by molar-refractivity contribution is -0.118. The van der Waals surface area contributed by atoms with Crippen molar-refractivity contribution < 1.29 is 14.6 Å². The summed E-state index contributed by atoms with van der Waals surface area (Å²) in [7, 11) is 3.37. The van der Waals surface area contributed by atoms with Gasteiger partial charge in [0, 0.05) is 19.9 Å². The van der Waals surface area contributed by atoms with E-state index >= 15 is 0 Å². The fraction of sp³-hybridized carbons (Fsp3) is 0.333. The van der Waals surface area contributed by atoms with Gasteiger partial charge in [-0.2, -0.15) is 0 Å². The summed E-state index contributed by atoms with van der Waals surface area (Å²) < 4.78 is 5.96. The van der Waals surface area contributed by atoms with Crippen LogP contribution in [0.25, 0.3) is 0 Å². The van der Waals surface area contributed by atoms with Crippen molar-refractivity contribution in [2.24, 2.45) is 0 Å². The minimum atomic E-state index is 0.0862. The number of fused-ring (bicyclic) bond motifs is 1. The monoisotopic (exact) mass is 336 g/mol. The van der Waals surface area contributed by atoms with E-state index in [1.807, 2.05) is 12.1 Å². The van der Waals surface area contributed by atoms with Gasteiger partial charge in [0.1, 0.15) is 5.75 Å².